The van der Waals surface area contributed by atoms with E-state index in [2.05, 4.69) is 0 Å². The van der Waals surface area contributed by atoms with E-state index in [-0.39, 0.29) is 24.8 Å². The summed E-state index contributed by atoms with van der Waals surface area (Å²) in [5, 5.41) is 9.69. The molecule has 3 aliphatic heterocycles. The van der Waals surface area contributed by atoms with E-state index in [0.717, 1.165) is 16.9 Å². The number of aliphatic hydroxyl groups excluding tert-OH is 1. The van der Waals surface area contributed by atoms with Gasteiger partial charge in [-0.15, -0.1) is 0 Å². The number of benzene rings is 2. The molecule has 0 aliphatic carbocycles. The summed E-state index contributed by atoms with van der Waals surface area (Å²) in [6.45, 7) is 6.09. The maximum absolute atomic E-state index is 15.6. The van der Waals surface area contributed by atoms with Gasteiger partial charge in [0.05, 0.1) is 18.3 Å². The van der Waals surface area contributed by atoms with Crippen molar-refractivity contribution >= 4 is 31.6 Å². The predicted molar refractivity (Wildman–Crippen MR) is 131 cm³/mol. The fraction of sp³-hybridized carbons (Fsp3) is 0.462. The van der Waals surface area contributed by atoms with Crippen molar-refractivity contribution in [2.75, 3.05) is 23.0 Å². The topological polar surface area (TPSA) is 70.1 Å². The van der Waals surface area contributed by atoms with Gasteiger partial charge in [0, 0.05) is 42.3 Å². The lowest BCUT2D eigenvalue weighted by Crippen LogP contribution is -2.45. The van der Waals surface area contributed by atoms with Gasteiger partial charge in [-0.25, -0.2) is 0 Å². The number of ether oxygens (including phenoxy) is 1. The molecule has 3 heterocycles. The lowest BCUT2D eigenvalue weighted by molar-refractivity contribution is -0.146. The molecule has 34 heavy (non-hydrogen) atoms. The van der Waals surface area contributed by atoms with Crippen LogP contribution in [0, 0.1) is 5.92 Å². The first-order chi connectivity index (χ1) is 16.2. The highest BCUT2D eigenvalue weighted by Crippen LogP contribution is 2.60. The van der Waals surface area contributed by atoms with Gasteiger partial charge in [-0.1, -0.05) is 37.3 Å². The molecule has 2 amide bonds. The minimum absolute atomic E-state index is 0.0492. The van der Waals surface area contributed by atoms with E-state index in [1.165, 1.54) is 0 Å². The summed E-state index contributed by atoms with van der Waals surface area (Å²) in [6, 6.07) is 15.4. The highest BCUT2D eigenvalue weighted by atomic mass is 28.4. The Bertz CT molecular complexity index is 1120. The van der Waals surface area contributed by atoms with Crippen LogP contribution in [0.25, 0.3) is 0 Å². The van der Waals surface area contributed by atoms with E-state index in [0.29, 0.717) is 25.1 Å². The highest BCUT2D eigenvalue weighted by molar-refractivity contribution is 6.72. The summed E-state index contributed by atoms with van der Waals surface area (Å²) in [4.78, 5) is 29.8. The van der Waals surface area contributed by atoms with E-state index in [1.807, 2.05) is 55.5 Å². The van der Waals surface area contributed by atoms with Crippen molar-refractivity contribution in [2.45, 2.75) is 56.7 Å². The van der Waals surface area contributed by atoms with Crippen molar-refractivity contribution in [3.8, 4) is 0 Å². The van der Waals surface area contributed by atoms with Crippen molar-refractivity contribution in [3.63, 3.8) is 0 Å². The molecule has 0 bridgehead atoms. The molecule has 0 unspecified atom stereocenters. The summed E-state index contributed by atoms with van der Waals surface area (Å²) in [5.74, 6) is -0.562. The van der Waals surface area contributed by atoms with E-state index >= 15 is 4.11 Å². The zero-order valence-corrected chi connectivity index (χ0v) is 20.8. The molecule has 0 aromatic heterocycles. The van der Waals surface area contributed by atoms with Crippen LogP contribution in [0.15, 0.2) is 48.5 Å². The number of nitrogens with zero attached hydrogens (tertiary/aromatic N) is 2. The van der Waals surface area contributed by atoms with E-state index in [4.69, 9.17) is 4.74 Å². The monoisotopic (exact) mass is 482 g/mol. The third-order valence-corrected chi connectivity index (χ3v) is 10.2. The summed E-state index contributed by atoms with van der Waals surface area (Å²) in [7, 11) is -3.24. The zero-order chi connectivity index (χ0) is 24.3. The predicted octanol–water partition coefficient (Wildman–Crippen LogP) is 4.13. The van der Waals surface area contributed by atoms with Gasteiger partial charge in [-0.2, -0.15) is 0 Å². The number of hydrogen-bond donors (Lipinski definition) is 1. The van der Waals surface area contributed by atoms with Gasteiger partial charge < -0.3 is 23.8 Å². The van der Waals surface area contributed by atoms with Gasteiger partial charge in [-0.05, 0) is 43.3 Å². The second-order valence-electron chi connectivity index (χ2n) is 10.2. The van der Waals surface area contributed by atoms with Crippen LogP contribution in [0.1, 0.15) is 30.9 Å². The number of hydrogen-bond acceptors (Lipinski definition) is 4. The van der Waals surface area contributed by atoms with Crippen LogP contribution in [0.5, 0.6) is 0 Å². The van der Waals surface area contributed by atoms with Gasteiger partial charge in [0.25, 0.3) is 5.91 Å². The molecule has 8 heteroatoms. The van der Waals surface area contributed by atoms with Crippen molar-refractivity contribution in [1.82, 2.24) is 0 Å². The molecule has 4 atom stereocenters. The molecule has 2 aromatic rings. The van der Waals surface area contributed by atoms with Gasteiger partial charge in [0.15, 0.2) is 5.60 Å². The van der Waals surface area contributed by atoms with Crippen LogP contribution in [0.4, 0.5) is 15.5 Å². The third-order valence-electron chi connectivity index (χ3n) is 7.70. The molecule has 5 rings (SSSR count). The number of amides is 2. The SMILES string of the molecule is C[C@H]1[C@H]([Si](C)(C)F)[C@@H](CCO)O[C@]12C(=O)N(Cc1ccccc1)c1ccc(N3CCC3=O)cc12. The normalized spacial score (nSPS) is 28.6. The van der Waals surface area contributed by atoms with Gasteiger partial charge in [0.2, 0.25) is 14.3 Å². The molecule has 1 N–H and O–H groups in total. The molecule has 180 valence electrons. The number of aliphatic hydroxyl groups is 1. The average Bonchev–Trinajstić information content (AvgIpc) is 3.21. The van der Waals surface area contributed by atoms with Crippen LogP contribution in [-0.4, -0.2) is 44.6 Å². The Labute approximate surface area is 200 Å². The minimum Gasteiger partial charge on any atom is -0.396 e. The molecule has 0 radical (unpaired) electrons. The van der Waals surface area contributed by atoms with Gasteiger partial charge in [-0.3, -0.25) is 9.59 Å². The molecular weight excluding hydrogens is 451 g/mol. The summed E-state index contributed by atoms with van der Waals surface area (Å²) in [6.07, 6.45) is 0.244. The minimum atomic E-state index is -3.24. The van der Waals surface area contributed by atoms with Gasteiger partial charge in [0.1, 0.15) is 0 Å². The zero-order valence-electron chi connectivity index (χ0n) is 19.8. The fourth-order valence-corrected chi connectivity index (χ4v) is 8.65. The first kappa shape index (κ1) is 23.2. The maximum atomic E-state index is 15.6. The van der Waals surface area contributed by atoms with Crippen LogP contribution >= 0.6 is 0 Å². The van der Waals surface area contributed by atoms with E-state index in [1.54, 1.807) is 22.9 Å². The van der Waals surface area contributed by atoms with Crippen molar-refractivity contribution in [1.29, 1.82) is 0 Å². The molecular formula is C26H31FN2O4Si. The Morgan fingerprint density at radius 2 is 1.91 bits per heavy atom. The summed E-state index contributed by atoms with van der Waals surface area (Å²) >= 11 is 0. The Morgan fingerprint density at radius 3 is 2.50 bits per heavy atom. The first-order valence-electron chi connectivity index (χ1n) is 12.0. The number of halogens is 1. The lowest BCUT2D eigenvalue weighted by Gasteiger charge is -2.33. The molecule has 3 aliphatic rings. The fourth-order valence-electron chi connectivity index (χ4n) is 6.11. The maximum Gasteiger partial charge on any atom is 0.264 e. The summed E-state index contributed by atoms with van der Waals surface area (Å²) in [5.41, 5.74) is 1.37. The molecule has 2 aromatic carbocycles. The summed E-state index contributed by atoms with van der Waals surface area (Å²) < 4.78 is 22.2. The van der Waals surface area contributed by atoms with Crippen LogP contribution in [-0.2, 0) is 26.5 Å². The lowest BCUT2D eigenvalue weighted by atomic mass is 9.82. The number of carbonyl (C=O) groups is 2. The van der Waals surface area contributed by atoms with Crippen molar-refractivity contribution in [2.24, 2.45) is 5.92 Å². The molecule has 2 fully saturated rings. The Kier molecular flexibility index (Phi) is 5.65. The Balaban J connectivity index is 1.64. The quantitative estimate of drug-likeness (QED) is 0.382. The third kappa shape index (κ3) is 3.42. The first-order valence-corrected chi connectivity index (χ1v) is 14.9. The Hall–Kier alpha value is -2.55. The standard InChI is InChI=1S/C26H31FN2O4Si/c1-17-24(34(2,3)27)22(12-14-30)33-26(17)20-15-19(28-13-11-23(28)31)9-10-21(20)29(25(26)32)16-18-7-5-4-6-8-18/h4-10,15,17,22,24,30H,11-14,16H2,1-3H3/t17-,22+,24-,26+/m0/s1. The smallest absolute Gasteiger partial charge is 0.264 e. The van der Waals surface area contributed by atoms with Crippen LogP contribution in [0.2, 0.25) is 18.6 Å². The highest BCUT2D eigenvalue weighted by Gasteiger charge is 2.66. The van der Waals surface area contributed by atoms with Crippen LogP contribution in [0.3, 0.4) is 0 Å². The van der Waals surface area contributed by atoms with E-state index in [9.17, 15) is 14.7 Å². The average molecular weight is 483 g/mol. The second-order valence-corrected chi connectivity index (χ2v) is 14.0. The van der Waals surface area contributed by atoms with Crippen molar-refractivity contribution in [3.05, 3.63) is 59.7 Å². The van der Waals surface area contributed by atoms with Gasteiger partial charge >= 0.3 is 0 Å². The molecule has 2 saturated heterocycles. The van der Waals surface area contributed by atoms with Crippen LogP contribution < -0.4 is 9.80 Å². The number of carbonyl (C=O) groups excluding carboxylic acids is 2. The molecule has 6 nitrogen and oxygen atoms in total. The number of β-lactam (4-membered cyclic amide) rings is 1. The van der Waals surface area contributed by atoms with Crippen molar-refractivity contribution < 1.29 is 23.5 Å². The molecule has 0 saturated carbocycles. The molecule has 1 spiro atoms. The second kappa shape index (κ2) is 8.29. The Morgan fingerprint density at radius 1 is 1.18 bits per heavy atom. The number of anilines is 2. The van der Waals surface area contributed by atoms with E-state index < -0.39 is 31.6 Å². The number of fused-ring (bicyclic) bond motifs is 2. The number of rotatable bonds is 6. The largest absolute Gasteiger partial charge is 0.396 e.